The Bertz CT molecular complexity index is 164. The lowest BCUT2D eigenvalue weighted by Crippen LogP contribution is -2.16. The van der Waals surface area contributed by atoms with Crippen molar-refractivity contribution in [2.75, 3.05) is 26.2 Å². The van der Waals surface area contributed by atoms with Gasteiger partial charge in [-0.05, 0) is 57.8 Å². The maximum atomic E-state index is 3.57. The van der Waals surface area contributed by atoms with Gasteiger partial charge < -0.3 is 10.6 Å². The fourth-order valence-electron chi connectivity index (χ4n) is 2.80. The maximum absolute atomic E-state index is 3.57. The van der Waals surface area contributed by atoms with Gasteiger partial charge in [0.15, 0.2) is 0 Å². The summed E-state index contributed by atoms with van der Waals surface area (Å²) < 4.78 is 0. The van der Waals surface area contributed by atoms with E-state index < -0.39 is 0 Å². The molecule has 1 atom stereocenters. The lowest BCUT2D eigenvalue weighted by molar-refractivity contribution is 0.481. The number of hydrogen-bond donors (Lipinski definition) is 2. The highest BCUT2D eigenvalue weighted by Crippen LogP contribution is 2.16. The average Bonchev–Trinajstić information content (AvgIpc) is 2.89. The third kappa shape index (κ3) is 8.93. The molecule has 1 rings (SSSR count). The highest BCUT2D eigenvalue weighted by atomic mass is 14.9. The second kappa shape index (κ2) is 12.0. The first-order chi connectivity index (χ1) is 8.93. The van der Waals surface area contributed by atoms with Crippen LogP contribution >= 0.6 is 0 Å². The molecule has 0 spiro atoms. The Labute approximate surface area is 114 Å². The maximum Gasteiger partial charge on any atom is -0.00200 e. The third-order valence-electron chi connectivity index (χ3n) is 4.09. The van der Waals surface area contributed by atoms with Gasteiger partial charge in [0.25, 0.3) is 0 Å². The van der Waals surface area contributed by atoms with Gasteiger partial charge in [-0.15, -0.1) is 0 Å². The van der Waals surface area contributed by atoms with Crippen LogP contribution in [-0.2, 0) is 0 Å². The van der Waals surface area contributed by atoms with E-state index in [1.165, 1.54) is 90.4 Å². The molecule has 0 amide bonds. The SMILES string of the molecule is CCCCCCNCCCCCCC1CCNC1. The molecule has 0 radical (unpaired) electrons. The van der Waals surface area contributed by atoms with Crippen LogP contribution in [0.2, 0.25) is 0 Å². The lowest BCUT2D eigenvalue weighted by atomic mass is 10.0. The van der Waals surface area contributed by atoms with Gasteiger partial charge in [-0.1, -0.05) is 45.4 Å². The van der Waals surface area contributed by atoms with Crippen LogP contribution in [0, 0.1) is 5.92 Å². The number of rotatable bonds is 12. The van der Waals surface area contributed by atoms with Gasteiger partial charge in [0.1, 0.15) is 0 Å². The Morgan fingerprint density at radius 2 is 1.67 bits per heavy atom. The van der Waals surface area contributed by atoms with Crippen molar-refractivity contribution in [3.05, 3.63) is 0 Å². The Hall–Kier alpha value is -0.0800. The van der Waals surface area contributed by atoms with E-state index in [1.807, 2.05) is 0 Å². The summed E-state index contributed by atoms with van der Waals surface area (Å²) in [5.74, 6) is 0.988. The van der Waals surface area contributed by atoms with Crippen molar-refractivity contribution < 1.29 is 0 Å². The zero-order valence-corrected chi connectivity index (χ0v) is 12.5. The minimum absolute atomic E-state index is 0.988. The zero-order chi connectivity index (χ0) is 12.9. The third-order valence-corrected chi connectivity index (χ3v) is 4.09. The van der Waals surface area contributed by atoms with Crippen LogP contribution in [0.15, 0.2) is 0 Å². The van der Waals surface area contributed by atoms with E-state index in [1.54, 1.807) is 0 Å². The van der Waals surface area contributed by atoms with Crippen molar-refractivity contribution in [3.8, 4) is 0 Å². The van der Waals surface area contributed by atoms with E-state index in [0.717, 1.165) is 5.92 Å². The molecule has 0 aromatic heterocycles. The molecule has 1 fully saturated rings. The summed E-state index contributed by atoms with van der Waals surface area (Å²) in [6, 6.07) is 0. The van der Waals surface area contributed by atoms with Crippen LogP contribution in [0.25, 0.3) is 0 Å². The largest absolute Gasteiger partial charge is 0.317 e. The van der Waals surface area contributed by atoms with E-state index >= 15 is 0 Å². The minimum Gasteiger partial charge on any atom is -0.317 e. The molecule has 0 aromatic carbocycles. The molecule has 2 heteroatoms. The van der Waals surface area contributed by atoms with Crippen molar-refractivity contribution in [1.29, 1.82) is 0 Å². The van der Waals surface area contributed by atoms with Crippen LogP contribution in [0.4, 0.5) is 0 Å². The van der Waals surface area contributed by atoms with Crippen molar-refractivity contribution >= 4 is 0 Å². The Morgan fingerprint density at radius 1 is 0.944 bits per heavy atom. The summed E-state index contributed by atoms with van der Waals surface area (Å²) >= 11 is 0. The quantitative estimate of drug-likeness (QED) is 0.519. The van der Waals surface area contributed by atoms with Gasteiger partial charge in [-0.2, -0.15) is 0 Å². The Balaban J connectivity index is 1.68. The molecule has 108 valence electrons. The molecule has 0 aromatic rings. The minimum atomic E-state index is 0.988. The van der Waals surface area contributed by atoms with E-state index in [0.29, 0.717) is 0 Å². The number of unbranched alkanes of at least 4 members (excludes halogenated alkanes) is 6. The number of nitrogens with one attached hydrogen (secondary N) is 2. The lowest BCUT2D eigenvalue weighted by Gasteiger charge is -2.08. The first-order valence-electron chi connectivity index (χ1n) is 8.35. The van der Waals surface area contributed by atoms with Crippen LogP contribution in [0.1, 0.15) is 71.1 Å². The molecule has 1 aliphatic rings. The second-order valence-electron chi connectivity index (χ2n) is 5.87. The summed E-state index contributed by atoms with van der Waals surface area (Å²) in [7, 11) is 0. The normalized spacial score (nSPS) is 19.5. The topological polar surface area (TPSA) is 24.1 Å². The van der Waals surface area contributed by atoms with Gasteiger partial charge in [-0.25, -0.2) is 0 Å². The van der Waals surface area contributed by atoms with E-state index in [4.69, 9.17) is 0 Å². The predicted molar refractivity (Wildman–Crippen MR) is 81.1 cm³/mol. The van der Waals surface area contributed by atoms with Crippen LogP contribution in [0.3, 0.4) is 0 Å². The van der Waals surface area contributed by atoms with E-state index in [2.05, 4.69) is 17.6 Å². The smallest absolute Gasteiger partial charge is 0.00200 e. The van der Waals surface area contributed by atoms with Gasteiger partial charge >= 0.3 is 0 Å². The molecular weight excluding hydrogens is 220 g/mol. The van der Waals surface area contributed by atoms with Gasteiger partial charge in [0, 0.05) is 0 Å². The summed E-state index contributed by atoms with van der Waals surface area (Å²) in [6.07, 6.45) is 14.1. The van der Waals surface area contributed by atoms with Gasteiger partial charge in [-0.3, -0.25) is 0 Å². The average molecular weight is 254 g/mol. The van der Waals surface area contributed by atoms with Crippen LogP contribution in [-0.4, -0.2) is 26.2 Å². The zero-order valence-electron chi connectivity index (χ0n) is 12.5. The second-order valence-corrected chi connectivity index (χ2v) is 5.87. The molecule has 1 heterocycles. The van der Waals surface area contributed by atoms with Crippen LogP contribution < -0.4 is 10.6 Å². The molecule has 0 aliphatic carbocycles. The molecule has 2 N–H and O–H groups in total. The molecule has 1 saturated heterocycles. The standard InChI is InChI=1S/C16H34N2/c1-2-3-4-8-12-17-13-9-6-5-7-10-16-11-14-18-15-16/h16-18H,2-15H2,1H3. The molecular formula is C16H34N2. The molecule has 1 unspecified atom stereocenters. The highest BCUT2D eigenvalue weighted by Gasteiger charge is 2.12. The summed E-state index contributed by atoms with van der Waals surface area (Å²) in [4.78, 5) is 0. The van der Waals surface area contributed by atoms with Crippen LogP contribution in [0.5, 0.6) is 0 Å². The Kier molecular flexibility index (Phi) is 10.6. The molecule has 0 saturated carbocycles. The van der Waals surface area contributed by atoms with E-state index in [9.17, 15) is 0 Å². The fraction of sp³-hybridized carbons (Fsp3) is 1.00. The van der Waals surface area contributed by atoms with Gasteiger partial charge in [0.2, 0.25) is 0 Å². The molecule has 18 heavy (non-hydrogen) atoms. The van der Waals surface area contributed by atoms with Crippen molar-refractivity contribution in [2.45, 2.75) is 71.1 Å². The van der Waals surface area contributed by atoms with Crippen molar-refractivity contribution in [3.63, 3.8) is 0 Å². The summed E-state index contributed by atoms with van der Waals surface area (Å²) in [6.45, 7) is 7.27. The van der Waals surface area contributed by atoms with Crippen molar-refractivity contribution in [2.24, 2.45) is 5.92 Å². The Morgan fingerprint density at radius 3 is 2.33 bits per heavy atom. The molecule has 1 aliphatic heterocycles. The first kappa shape index (κ1) is 16.0. The molecule has 2 nitrogen and oxygen atoms in total. The van der Waals surface area contributed by atoms with Crippen molar-refractivity contribution in [1.82, 2.24) is 10.6 Å². The summed E-state index contributed by atoms with van der Waals surface area (Å²) in [5, 5.41) is 7.02. The predicted octanol–water partition coefficient (Wildman–Crippen LogP) is 3.72. The van der Waals surface area contributed by atoms with Gasteiger partial charge in [0.05, 0.1) is 0 Å². The number of hydrogen-bond acceptors (Lipinski definition) is 2. The monoisotopic (exact) mass is 254 g/mol. The first-order valence-corrected chi connectivity index (χ1v) is 8.35. The fourth-order valence-corrected chi connectivity index (χ4v) is 2.80. The highest BCUT2D eigenvalue weighted by molar-refractivity contribution is 4.70. The van der Waals surface area contributed by atoms with E-state index in [-0.39, 0.29) is 0 Å². The summed E-state index contributed by atoms with van der Waals surface area (Å²) in [5.41, 5.74) is 0. The molecule has 0 bridgehead atoms.